The van der Waals surface area contributed by atoms with Crippen LogP contribution in [0.5, 0.6) is 0 Å². The van der Waals surface area contributed by atoms with Crippen molar-refractivity contribution in [1.29, 1.82) is 0 Å². The second-order valence-corrected chi connectivity index (χ2v) is 22.3. The van der Waals surface area contributed by atoms with E-state index in [0.717, 1.165) is 20.9 Å². The number of alkyl halides is 2. The Balaban J connectivity index is 0.000000185. The standard InChI is InChI=1S/C19H17Cl2NO3.C17H14BrCl2NO.C9H9Br3.C8H7Cl2NO/c1-11-12-5-3-6-13(19(24)25-2)15(12)10-22(11)18(23)9-14-16(20)7-4-8-17(14)21;1-10-11-4-2-5-14(18)13(11)9-21(10)17(22)8-12-15(19)6-3-7-16(12)20;1-6(11)7-3-2-4-9(12)8(7)5-10;9-6-2-1-3-7(10)5(6)4-8(11)12/h3-8,11H,9-10H2,1-2H3;2-7,10H,8-9H2,1H3;2-4,6H,5H2,1H3;1-3H,4H2,(H2,11,12). The molecule has 0 saturated carbocycles. The molecule has 2 heterocycles. The molecule has 0 aromatic heterocycles. The highest BCUT2D eigenvalue weighted by Gasteiger charge is 2.34. The van der Waals surface area contributed by atoms with Gasteiger partial charge in [-0.25, -0.2) is 4.79 Å². The van der Waals surface area contributed by atoms with Gasteiger partial charge in [0.25, 0.3) is 0 Å². The number of ether oxygens (including phenoxy) is 1. The smallest absolute Gasteiger partial charge is 0.338 e. The number of hydrogen-bond acceptors (Lipinski definition) is 5. The normalized spacial score (nSPS) is 14.6. The minimum absolute atomic E-state index is 0.0330. The van der Waals surface area contributed by atoms with Gasteiger partial charge in [-0.3, -0.25) is 14.4 Å². The molecular formula is C53H47Br4Cl6N3O5. The van der Waals surface area contributed by atoms with E-state index in [2.05, 4.69) is 94.9 Å². The molecule has 2 N–H and O–H groups in total. The van der Waals surface area contributed by atoms with E-state index in [4.69, 9.17) is 80.1 Å². The minimum atomic E-state index is -0.440. The second-order valence-electron chi connectivity index (χ2n) is 16.2. The third-order valence-corrected chi connectivity index (χ3v) is 16.5. The highest BCUT2D eigenvalue weighted by molar-refractivity contribution is 9.11. The fourth-order valence-corrected chi connectivity index (χ4v) is 12.1. The van der Waals surface area contributed by atoms with Gasteiger partial charge in [0.15, 0.2) is 0 Å². The highest BCUT2D eigenvalue weighted by atomic mass is 79.9. The molecule has 8 nitrogen and oxygen atoms in total. The van der Waals surface area contributed by atoms with E-state index in [0.29, 0.717) is 70.3 Å². The topological polar surface area (TPSA) is 110 Å². The minimum Gasteiger partial charge on any atom is -0.465 e. The van der Waals surface area contributed by atoms with Crippen LogP contribution in [-0.4, -0.2) is 40.6 Å². The molecule has 0 fully saturated rings. The number of methoxy groups -OCH3 is 1. The van der Waals surface area contributed by atoms with Crippen LogP contribution >= 0.6 is 133 Å². The van der Waals surface area contributed by atoms with Crippen molar-refractivity contribution in [2.24, 2.45) is 5.73 Å². The lowest BCUT2D eigenvalue weighted by Crippen LogP contribution is -2.29. The number of hydrogen-bond donors (Lipinski definition) is 1. The fraction of sp³-hybridized carbons (Fsp3) is 0.245. The fourth-order valence-electron chi connectivity index (χ4n) is 8.04. The van der Waals surface area contributed by atoms with Crippen LogP contribution in [0.2, 0.25) is 30.1 Å². The highest BCUT2D eigenvalue weighted by Crippen LogP contribution is 2.39. The number of carbonyl (C=O) groups excluding carboxylic acids is 4. The summed E-state index contributed by atoms with van der Waals surface area (Å²) in [5, 5.41) is 3.85. The Labute approximate surface area is 478 Å². The van der Waals surface area contributed by atoms with Crippen LogP contribution in [0.3, 0.4) is 0 Å². The molecule has 0 bridgehead atoms. The number of amides is 3. The lowest BCUT2D eigenvalue weighted by atomic mass is 10.0. The van der Waals surface area contributed by atoms with E-state index < -0.39 is 11.9 Å². The molecule has 2 aliphatic rings. The predicted molar refractivity (Wildman–Crippen MR) is 304 cm³/mol. The van der Waals surface area contributed by atoms with Crippen molar-refractivity contribution in [3.05, 3.63) is 204 Å². The maximum Gasteiger partial charge on any atom is 0.338 e. The Kier molecular flexibility index (Phi) is 22.7. The summed E-state index contributed by atoms with van der Waals surface area (Å²) in [5.74, 6) is -0.891. The Bertz CT molecular complexity index is 2860. The molecule has 6 aromatic rings. The zero-order valence-electron chi connectivity index (χ0n) is 38.7. The monoisotopic (exact) mass is 1330 g/mol. The number of nitrogens with zero attached hydrogens (tertiary/aromatic N) is 2. The molecule has 3 atom stereocenters. The van der Waals surface area contributed by atoms with Crippen LogP contribution in [0.1, 0.15) is 98.1 Å². The first-order chi connectivity index (χ1) is 33.7. The number of primary amides is 1. The molecule has 18 heteroatoms. The third kappa shape index (κ3) is 15.0. The maximum atomic E-state index is 12.8. The first kappa shape index (κ1) is 58.7. The summed E-state index contributed by atoms with van der Waals surface area (Å²) in [5.41, 5.74) is 14.2. The van der Waals surface area contributed by atoms with Crippen molar-refractivity contribution >= 4 is 157 Å². The van der Waals surface area contributed by atoms with Gasteiger partial charge in [0.2, 0.25) is 17.7 Å². The Morgan fingerprint density at radius 3 is 1.37 bits per heavy atom. The Morgan fingerprint density at radius 2 is 0.972 bits per heavy atom. The first-order valence-electron chi connectivity index (χ1n) is 21.8. The maximum absolute atomic E-state index is 12.8. The van der Waals surface area contributed by atoms with E-state index in [1.165, 1.54) is 33.8 Å². The van der Waals surface area contributed by atoms with Crippen molar-refractivity contribution in [3.63, 3.8) is 0 Å². The third-order valence-electron chi connectivity index (χ3n) is 11.8. The number of rotatable bonds is 9. The molecular weight excluding hydrogens is 1290 g/mol. The molecule has 3 amide bonds. The molecule has 8 rings (SSSR count). The quantitative estimate of drug-likeness (QED) is 0.115. The van der Waals surface area contributed by atoms with Gasteiger partial charge in [0, 0.05) is 62.3 Å². The number of esters is 1. The zero-order chi connectivity index (χ0) is 52.3. The van der Waals surface area contributed by atoms with Crippen molar-refractivity contribution in [2.75, 3.05) is 7.11 Å². The summed E-state index contributed by atoms with van der Waals surface area (Å²) in [6, 6.07) is 33.3. The van der Waals surface area contributed by atoms with Crippen LogP contribution in [0.15, 0.2) is 118 Å². The average Bonchev–Trinajstić information content (AvgIpc) is 3.87. The van der Waals surface area contributed by atoms with E-state index in [-0.39, 0.29) is 43.2 Å². The number of fused-ring (bicyclic) bond motifs is 2. The first-order valence-corrected chi connectivity index (χ1v) is 27.7. The SMILES string of the molecule is CC(Br)c1cccc(Br)c1CBr.CC1c2cccc(Br)c2CN1C(=O)Cc1c(Cl)cccc1Cl.COC(=O)c1cccc2c1CN(C(=O)Cc1c(Cl)cccc1Cl)C2C.NC(=O)Cc1c(Cl)cccc1Cl. The van der Waals surface area contributed by atoms with Crippen LogP contribution < -0.4 is 5.73 Å². The lowest BCUT2D eigenvalue weighted by Gasteiger charge is -2.22. The van der Waals surface area contributed by atoms with Crippen LogP contribution in [-0.2, 0) is 56.8 Å². The average molecular weight is 1340 g/mol. The van der Waals surface area contributed by atoms with Gasteiger partial charge < -0.3 is 20.3 Å². The van der Waals surface area contributed by atoms with Gasteiger partial charge in [0.1, 0.15) is 0 Å². The van der Waals surface area contributed by atoms with Gasteiger partial charge >= 0.3 is 5.97 Å². The van der Waals surface area contributed by atoms with E-state index >= 15 is 0 Å². The second kappa shape index (κ2) is 27.4. The molecule has 0 aliphatic carbocycles. The van der Waals surface area contributed by atoms with Crippen molar-refractivity contribution < 1.29 is 23.9 Å². The molecule has 0 radical (unpaired) electrons. The number of halogens is 10. The van der Waals surface area contributed by atoms with E-state index in [1.54, 1.807) is 71.6 Å². The molecule has 0 spiro atoms. The predicted octanol–water partition coefficient (Wildman–Crippen LogP) is 16.6. The van der Waals surface area contributed by atoms with Gasteiger partial charge in [-0.1, -0.05) is 188 Å². The molecule has 374 valence electrons. The number of benzene rings is 6. The largest absolute Gasteiger partial charge is 0.465 e. The summed E-state index contributed by atoms with van der Waals surface area (Å²) >= 11 is 50.4. The van der Waals surface area contributed by atoms with Gasteiger partial charge in [-0.05, 0) is 125 Å². The summed E-state index contributed by atoms with van der Waals surface area (Å²) in [6.45, 7) is 7.10. The molecule has 71 heavy (non-hydrogen) atoms. The summed E-state index contributed by atoms with van der Waals surface area (Å²) < 4.78 is 7.06. The summed E-state index contributed by atoms with van der Waals surface area (Å²) in [7, 11) is 1.35. The Morgan fingerprint density at radius 1 is 0.592 bits per heavy atom. The van der Waals surface area contributed by atoms with Crippen molar-refractivity contribution in [2.45, 2.75) is 75.4 Å². The number of nitrogens with two attached hydrogens (primary N) is 1. The molecule has 6 aromatic carbocycles. The Hall–Kier alpha value is -3.14. The summed E-state index contributed by atoms with van der Waals surface area (Å²) in [4.78, 5) is 52.1. The van der Waals surface area contributed by atoms with Crippen LogP contribution in [0, 0.1) is 0 Å². The summed E-state index contributed by atoms with van der Waals surface area (Å²) in [6.07, 6.45) is 0.414. The van der Waals surface area contributed by atoms with Crippen molar-refractivity contribution in [3.8, 4) is 0 Å². The molecule has 0 saturated heterocycles. The van der Waals surface area contributed by atoms with Crippen LogP contribution in [0.25, 0.3) is 0 Å². The lowest BCUT2D eigenvalue weighted by molar-refractivity contribution is -0.133. The van der Waals surface area contributed by atoms with Gasteiger partial charge in [-0.2, -0.15) is 0 Å². The van der Waals surface area contributed by atoms with E-state index in [1.807, 2.05) is 36.9 Å². The molecule has 3 unspecified atom stereocenters. The molecule has 2 aliphatic heterocycles. The zero-order valence-corrected chi connectivity index (χ0v) is 49.5. The number of carbonyl (C=O) groups is 4. The van der Waals surface area contributed by atoms with E-state index in [9.17, 15) is 19.2 Å². The van der Waals surface area contributed by atoms with Gasteiger partial charge in [0.05, 0.1) is 44.0 Å². The van der Waals surface area contributed by atoms with Crippen molar-refractivity contribution in [1.82, 2.24) is 9.80 Å². The van der Waals surface area contributed by atoms with Crippen LogP contribution in [0.4, 0.5) is 0 Å². The van der Waals surface area contributed by atoms with Gasteiger partial charge in [-0.15, -0.1) is 0 Å².